The number of rotatable bonds is 4. The number of carbonyl (C=O) groups is 1. The molecule has 1 heterocycles. The molecule has 1 saturated carbocycles. The number of nitrogens with one attached hydrogen (secondary N) is 1. The first kappa shape index (κ1) is 17.2. The Morgan fingerprint density at radius 1 is 1.25 bits per heavy atom. The van der Waals surface area contributed by atoms with Crippen molar-refractivity contribution in [2.24, 2.45) is 5.92 Å². The summed E-state index contributed by atoms with van der Waals surface area (Å²) in [5.74, 6) is 0.137. The largest absolute Gasteiger partial charge is 0.445 e. The second-order valence-corrected chi connectivity index (χ2v) is 9.36. The first-order valence-electron chi connectivity index (χ1n) is 8.24. The van der Waals surface area contributed by atoms with Crippen LogP contribution in [0.1, 0.15) is 31.2 Å². The Labute approximate surface area is 142 Å². The van der Waals surface area contributed by atoms with Crippen LogP contribution in [-0.2, 0) is 21.2 Å². The molecule has 1 aliphatic carbocycles. The monoisotopic (exact) mass is 353 g/mol. The van der Waals surface area contributed by atoms with Crippen molar-refractivity contribution in [1.29, 1.82) is 0 Å². The quantitative estimate of drug-likeness (QED) is 0.858. The molecule has 1 unspecified atom stereocenters. The number of sulfone groups is 1. The second kappa shape index (κ2) is 6.72. The maximum absolute atomic E-state index is 12.4. The lowest BCUT2D eigenvalue weighted by Crippen LogP contribution is -2.59. The minimum Gasteiger partial charge on any atom is -0.445 e. The van der Waals surface area contributed by atoms with Gasteiger partial charge in [0.2, 0.25) is 0 Å². The molecule has 24 heavy (non-hydrogen) atoms. The summed E-state index contributed by atoms with van der Waals surface area (Å²) in [6, 6.07) is 9.19. The molecule has 1 amide bonds. The third-order valence-corrected chi connectivity index (χ3v) is 7.72. The van der Waals surface area contributed by atoms with Crippen LogP contribution in [0.5, 0.6) is 0 Å². The Kier molecular flexibility index (Phi) is 4.83. The van der Waals surface area contributed by atoms with Crippen molar-refractivity contribution < 1.29 is 23.1 Å². The van der Waals surface area contributed by atoms with Crippen molar-refractivity contribution in [3.8, 4) is 0 Å². The summed E-state index contributed by atoms with van der Waals surface area (Å²) in [6.45, 7) is 0.212. The molecule has 1 aromatic rings. The van der Waals surface area contributed by atoms with Crippen molar-refractivity contribution in [2.75, 3.05) is 12.4 Å². The van der Waals surface area contributed by atoms with Crippen molar-refractivity contribution in [1.82, 2.24) is 5.32 Å². The Bertz CT molecular complexity index is 682. The predicted molar refractivity (Wildman–Crippen MR) is 89.1 cm³/mol. The third-order valence-electron chi connectivity index (χ3n) is 5.13. The number of alkyl carbamates (subject to hydrolysis) is 1. The first-order valence-corrected chi connectivity index (χ1v) is 9.90. The van der Waals surface area contributed by atoms with Crippen LogP contribution in [0.15, 0.2) is 30.3 Å². The van der Waals surface area contributed by atoms with Gasteiger partial charge < -0.3 is 15.2 Å². The number of benzene rings is 1. The number of hydrogen-bond acceptors (Lipinski definition) is 5. The van der Waals surface area contributed by atoms with E-state index in [-0.39, 0.29) is 30.9 Å². The van der Waals surface area contributed by atoms with Gasteiger partial charge in [-0.1, -0.05) is 30.3 Å². The smallest absolute Gasteiger partial charge is 0.407 e. The molecule has 1 spiro atoms. The van der Waals surface area contributed by atoms with E-state index in [0.29, 0.717) is 25.7 Å². The second-order valence-electron chi connectivity index (χ2n) is 6.85. The Hall–Kier alpha value is -1.60. The van der Waals surface area contributed by atoms with E-state index in [9.17, 15) is 18.3 Å². The lowest BCUT2D eigenvalue weighted by atomic mass is 9.71. The fourth-order valence-corrected chi connectivity index (χ4v) is 6.25. The van der Waals surface area contributed by atoms with Gasteiger partial charge in [-0.05, 0) is 37.2 Å². The van der Waals surface area contributed by atoms with E-state index in [1.165, 1.54) is 0 Å². The van der Waals surface area contributed by atoms with Crippen molar-refractivity contribution >= 4 is 15.9 Å². The standard InChI is InChI=1S/C17H23NO5S/c19-11-14-8-17(9-14)10-15(6-7-24(17,21)22)18-16(20)23-12-13-4-2-1-3-5-13/h1-5,14-15,19H,6-12H2,(H,18,20). The van der Waals surface area contributed by atoms with Crippen LogP contribution < -0.4 is 5.32 Å². The van der Waals surface area contributed by atoms with E-state index >= 15 is 0 Å². The first-order chi connectivity index (χ1) is 11.4. The molecule has 1 saturated heterocycles. The molecule has 3 rings (SSSR count). The zero-order valence-corrected chi connectivity index (χ0v) is 14.3. The fourth-order valence-electron chi connectivity index (χ4n) is 3.79. The molecule has 1 atom stereocenters. The van der Waals surface area contributed by atoms with Gasteiger partial charge in [0.25, 0.3) is 0 Å². The van der Waals surface area contributed by atoms with Gasteiger partial charge in [0.05, 0.1) is 10.5 Å². The highest BCUT2D eigenvalue weighted by atomic mass is 32.2. The lowest BCUT2D eigenvalue weighted by molar-refractivity contribution is 0.101. The van der Waals surface area contributed by atoms with E-state index in [1.807, 2.05) is 30.3 Å². The fraction of sp³-hybridized carbons (Fsp3) is 0.588. The molecule has 1 aromatic carbocycles. The number of amides is 1. The molecule has 7 heteroatoms. The number of carbonyl (C=O) groups excluding carboxylic acids is 1. The molecule has 2 N–H and O–H groups in total. The molecule has 132 valence electrons. The zero-order chi connectivity index (χ0) is 17.2. The minimum atomic E-state index is -3.16. The van der Waals surface area contributed by atoms with Gasteiger partial charge in [0.1, 0.15) is 6.61 Å². The van der Waals surface area contributed by atoms with E-state index in [4.69, 9.17) is 4.74 Å². The zero-order valence-electron chi connectivity index (χ0n) is 13.5. The molecular formula is C17H23NO5S. The maximum Gasteiger partial charge on any atom is 0.407 e. The molecular weight excluding hydrogens is 330 g/mol. The van der Waals surface area contributed by atoms with Gasteiger partial charge >= 0.3 is 6.09 Å². The minimum absolute atomic E-state index is 0.0223. The molecule has 0 aromatic heterocycles. The van der Waals surface area contributed by atoms with Crippen LogP contribution in [0.4, 0.5) is 4.79 Å². The van der Waals surface area contributed by atoms with Crippen molar-refractivity contribution in [2.45, 2.75) is 43.1 Å². The molecule has 0 radical (unpaired) electrons. The number of ether oxygens (including phenoxy) is 1. The van der Waals surface area contributed by atoms with Crippen molar-refractivity contribution in [3.05, 3.63) is 35.9 Å². The average Bonchev–Trinajstić information content (AvgIpc) is 2.53. The summed E-state index contributed by atoms with van der Waals surface area (Å²) in [5, 5.41) is 12.0. The van der Waals surface area contributed by atoms with Gasteiger partial charge in [-0.25, -0.2) is 13.2 Å². The van der Waals surface area contributed by atoms with Gasteiger partial charge in [0, 0.05) is 12.6 Å². The number of hydrogen-bond donors (Lipinski definition) is 2. The lowest BCUT2D eigenvalue weighted by Gasteiger charge is -2.50. The molecule has 0 bridgehead atoms. The highest BCUT2D eigenvalue weighted by Gasteiger charge is 2.56. The number of aliphatic hydroxyl groups is 1. The summed E-state index contributed by atoms with van der Waals surface area (Å²) in [4.78, 5) is 12.0. The normalized spacial score (nSPS) is 31.2. The van der Waals surface area contributed by atoms with Gasteiger partial charge in [-0.15, -0.1) is 0 Å². The van der Waals surface area contributed by atoms with Crippen LogP contribution >= 0.6 is 0 Å². The Morgan fingerprint density at radius 2 is 1.96 bits per heavy atom. The highest BCUT2D eigenvalue weighted by molar-refractivity contribution is 7.92. The molecule has 1 aliphatic heterocycles. The van der Waals surface area contributed by atoms with Gasteiger partial charge in [-0.2, -0.15) is 0 Å². The van der Waals surface area contributed by atoms with E-state index in [1.54, 1.807) is 0 Å². The molecule has 2 aliphatic rings. The topological polar surface area (TPSA) is 92.7 Å². The van der Waals surface area contributed by atoms with E-state index in [2.05, 4.69) is 5.32 Å². The third kappa shape index (κ3) is 3.42. The molecule has 6 nitrogen and oxygen atoms in total. The van der Waals surface area contributed by atoms with Gasteiger partial charge in [-0.3, -0.25) is 0 Å². The van der Waals surface area contributed by atoms with Crippen LogP contribution in [0.25, 0.3) is 0 Å². The van der Waals surface area contributed by atoms with Crippen LogP contribution in [-0.4, -0.2) is 42.8 Å². The van der Waals surface area contributed by atoms with Crippen molar-refractivity contribution in [3.63, 3.8) is 0 Å². The number of aliphatic hydroxyl groups excluding tert-OH is 1. The van der Waals surface area contributed by atoms with Gasteiger partial charge in [0.15, 0.2) is 9.84 Å². The maximum atomic E-state index is 12.4. The Balaban J connectivity index is 1.53. The highest BCUT2D eigenvalue weighted by Crippen LogP contribution is 2.49. The predicted octanol–water partition coefficient (Wildman–Crippen LogP) is 1.63. The Morgan fingerprint density at radius 3 is 2.62 bits per heavy atom. The summed E-state index contributed by atoms with van der Waals surface area (Å²) >= 11 is 0. The summed E-state index contributed by atoms with van der Waals surface area (Å²) in [6.07, 6.45) is 1.28. The SMILES string of the molecule is O=C(NC1CCS(=O)(=O)C2(CC(CO)C2)C1)OCc1ccccc1. The van der Waals surface area contributed by atoms with E-state index < -0.39 is 20.7 Å². The van der Waals surface area contributed by atoms with Crippen LogP contribution in [0, 0.1) is 5.92 Å². The summed E-state index contributed by atoms with van der Waals surface area (Å²) in [7, 11) is -3.16. The van der Waals surface area contributed by atoms with Crippen LogP contribution in [0.3, 0.4) is 0 Å². The average molecular weight is 353 g/mol. The summed E-state index contributed by atoms with van der Waals surface area (Å²) in [5.41, 5.74) is 0.903. The summed E-state index contributed by atoms with van der Waals surface area (Å²) < 4.78 is 29.2. The van der Waals surface area contributed by atoms with Crippen LogP contribution in [0.2, 0.25) is 0 Å². The molecule has 2 fully saturated rings. The van der Waals surface area contributed by atoms with E-state index in [0.717, 1.165) is 5.56 Å².